The van der Waals surface area contributed by atoms with Gasteiger partial charge in [-0.1, -0.05) is 97.2 Å². The first kappa shape index (κ1) is 28.8. The van der Waals surface area contributed by atoms with Gasteiger partial charge in [-0.05, 0) is 74.0 Å². The van der Waals surface area contributed by atoms with E-state index in [0.29, 0.717) is 22.2 Å². The molecular weight excluding hydrogens is 541 g/mol. The summed E-state index contributed by atoms with van der Waals surface area (Å²) in [5.74, 6) is 0. The van der Waals surface area contributed by atoms with Crippen molar-refractivity contribution in [2.75, 3.05) is 0 Å². The second-order valence-corrected chi connectivity index (χ2v) is 24.5. The fourth-order valence-corrected chi connectivity index (χ4v) is 23.6. The zero-order valence-corrected chi connectivity index (χ0v) is 28.4. The second-order valence-electron chi connectivity index (χ2n) is 10.6. The molecule has 4 aliphatic carbocycles. The fraction of sp³-hybridized carbons (Fsp3) is 0.429. The first-order valence-corrected chi connectivity index (χ1v) is 24.8. The third kappa shape index (κ3) is 8.41. The van der Waals surface area contributed by atoms with Gasteiger partial charge in [0.25, 0.3) is 0 Å². The fourth-order valence-electron chi connectivity index (χ4n) is 5.22. The van der Waals surface area contributed by atoms with Crippen LogP contribution in [0.5, 0.6) is 0 Å². The molecule has 9 heteroatoms. The molecule has 0 aromatic heterocycles. The van der Waals surface area contributed by atoms with Crippen LogP contribution in [0.25, 0.3) is 0 Å². The van der Waals surface area contributed by atoms with Crippen LogP contribution in [0.4, 0.5) is 0 Å². The average molecular weight is 585 g/mol. The Morgan fingerprint density at radius 3 is 0.865 bits per heavy atom. The van der Waals surface area contributed by atoms with E-state index in [1.54, 1.807) is 0 Å². The summed E-state index contributed by atoms with van der Waals surface area (Å²) in [6.45, 7) is 9.25. The summed E-state index contributed by atoms with van der Waals surface area (Å²) in [4.78, 5) is 0. The van der Waals surface area contributed by atoms with Gasteiger partial charge in [0, 0.05) is 0 Å². The standard InChI is InChI=1S/C28H44O4Si5/c1-33(25-17-9-5-10-18-25)29-37(30-34(2)26-19-11-6-12-20-26,31-35(3)27-21-13-7-14-22-27)32-36(4)28-23-15-8-16-24-28/h5-17,19,21,23,25-28,33-36H,18,20,22,24H2,1-4H3. The predicted octanol–water partition coefficient (Wildman–Crippen LogP) is 6.45. The van der Waals surface area contributed by atoms with Gasteiger partial charge in [0.2, 0.25) is 0 Å². The molecule has 200 valence electrons. The Morgan fingerprint density at radius 1 is 0.432 bits per heavy atom. The van der Waals surface area contributed by atoms with Crippen molar-refractivity contribution in [2.45, 2.75) is 74.0 Å². The Morgan fingerprint density at radius 2 is 0.676 bits per heavy atom. The molecule has 0 aromatic carbocycles. The van der Waals surface area contributed by atoms with Gasteiger partial charge in [-0.3, -0.25) is 0 Å². The number of rotatable bonds is 12. The van der Waals surface area contributed by atoms with Crippen LogP contribution < -0.4 is 0 Å². The number of allylic oxidation sites excluding steroid dienone is 16. The highest BCUT2D eigenvalue weighted by Crippen LogP contribution is 2.34. The minimum atomic E-state index is -3.37. The third-order valence-electron chi connectivity index (χ3n) is 7.79. The zero-order chi connectivity index (χ0) is 26.1. The molecule has 0 amide bonds. The van der Waals surface area contributed by atoms with Crippen LogP contribution in [0.15, 0.2) is 97.2 Å². The van der Waals surface area contributed by atoms with Crippen LogP contribution in [0, 0.1) is 0 Å². The highest BCUT2D eigenvalue weighted by Gasteiger charge is 2.52. The molecule has 0 heterocycles. The van der Waals surface area contributed by atoms with Gasteiger partial charge in [-0.15, -0.1) is 0 Å². The van der Waals surface area contributed by atoms with Gasteiger partial charge in [0.05, 0.1) is 0 Å². The minimum absolute atomic E-state index is 0.436. The molecule has 0 aliphatic heterocycles. The Balaban J connectivity index is 1.62. The maximum Gasteiger partial charge on any atom is 0.636 e. The monoisotopic (exact) mass is 584 g/mol. The van der Waals surface area contributed by atoms with Crippen LogP contribution in [-0.4, -0.2) is 45.2 Å². The molecule has 0 aromatic rings. The van der Waals surface area contributed by atoms with E-state index in [4.69, 9.17) is 16.5 Å². The van der Waals surface area contributed by atoms with Crippen LogP contribution in [-0.2, 0) is 16.5 Å². The molecule has 37 heavy (non-hydrogen) atoms. The molecular formula is C28H44O4Si5. The summed E-state index contributed by atoms with van der Waals surface area (Å²) in [7, 11) is -10.1. The predicted molar refractivity (Wildman–Crippen MR) is 169 cm³/mol. The lowest BCUT2D eigenvalue weighted by atomic mass is 10.2. The van der Waals surface area contributed by atoms with Crippen LogP contribution in [0.2, 0.25) is 48.4 Å². The maximum atomic E-state index is 7.17. The van der Waals surface area contributed by atoms with Crippen molar-refractivity contribution in [1.82, 2.24) is 0 Å². The van der Waals surface area contributed by atoms with Crippen molar-refractivity contribution < 1.29 is 16.5 Å². The quantitative estimate of drug-likeness (QED) is 0.247. The second kappa shape index (κ2) is 14.3. The van der Waals surface area contributed by atoms with Crippen molar-refractivity contribution >= 4 is 45.2 Å². The topological polar surface area (TPSA) is 36.9 Å². The summed E-state index contributed by atoms with van der Waals surface area (Å²) >= 11 is 0. The van der Waals surface area contributed by atoms with E-state index in [1.807, 2.05) is 0 Å². The first-order valence-electron chi connectivity index (χ1n) is 14.0. The van der Waals surface area contributed by atoms with Crippen molar-refractivity contribution in [2.24, 2.45) is 0 Å². The van der Waals surface area contributed by atoms with Gasteiger partial charge in [0.15, 0.2) is 36.2 Å². The minimum Gasteiger partial charge on any atom is -0.398 e. The Hall–Kier alpha value is -1.16. The van der Waals surface area contributed by atoms with Gasteiger partial charge in [0.1, 0.15) is 0 Å². The SMILES string of the molecule is C[SiH](O[Si](O[SiH](C)C1C=CC=CC1)(O[SiH](C)C1C=CC=CC1)O[SiH](C)C1C=CC=CC1)C1C=CC=CC1. The lowest BCUT2D eigenvalue weighted by molar-refractivity contribution is 0.157. The van der Waals surface area contributed by atoms with E-state index in [9.17, 15) is 0 Å². The number of hydrogen-bond donors (Lipinski definition) is 0. The van der Waals surface area contributed by atoms with Crippen LogP contribution in [0.1, 0.15) is 25.7 Å². The third-order valence-corrected chi connectivity index (χ3v) is 25.2. The van der Waals surface area contributed by atoms with Crippen LogP contribution in [0.3, 0.4) is 0 Å². The maximum absolute atomic E-state index is 7.17. The lowest BCUT2D eigenvalue weighted by Crippen LogP contribution is -2.60. The van der Waals surface area contributed by atoms with Gasteiger partial charge in [-0.2, -0.15) is 0 Å². The zero-order valence-electron chi connectivity index (χ0n) is 22.8. The van der Waals surface area contributed by atoms with Gasteiger partial charge >= 0.3 is 9.05 Å². The van der Waals surface area contributed by atoms with Gasteiger partial charge in [-0.25, -0.2) is 0 Å². The van der Waals surface area contributed by atoms with Crippen molar-refractivity contribution in [1.29, 1.82) is 0 Å². The Bertz CT molecular complexity index is 828. The molecule has 4 aliphatic rings. The number of hydrogen-bond acceptors (Lipinski definition) is 4. The summed E-state index contributed by atoms with van der Waals surface area (Å²) in [5.41, 5.74) is 1.74. The van der Waals surface area contributed by atoms with Crippen molar-refractivity contribution in [3.8, 4) is 0 Å². The molecule has 0 N–H and O–H groups in total. The first-order chi connectivity index (χ1) is 18.0. The van der Waals surface area contributed by atoms with Crippen LogP contribution >= 0.6 is 0 Å². The molecule has 4 nitrogen and oxygen atoms in total. The largest absolute Gasteiger partial charge is 0.636 e. The van der Waals surface area contributed by atoms with E-state index in [1.165, 1.54) is 0 Å². The smallest absolute Gasteiger partial charge is 0.398 e. The molecule has 4 rings (SSSR count). The highest BCUT2D eigenvalue weighted by atomic mass is 28.5. The molecule has 0 saturated heterocycles. The molecule has 0 saturated carbocycles. The molecule has 8 unspecified atom stereocenters. The Kier molecular flexibility index (Phi) is 11.1. The average Bonchev–Trinajstić information content (AvgIpc) is 2.94. The summed E-state index contributed by atoms with van der Waals surface area (Å²) < 4.78 is 28.7. The normalized spacial score (nSPS) is 31.2. The van der Waals surface area contributed by atoms with Gasteiger partial charge < -0.3 is 16.5 Å². The van der Waals surface area contributed by atoms with E-state index in [-0.39, 0.29) is 0 Å². The summed E-state index contributed by atoms with van der Waals surface area (Å²) in [5, 5.41) is 0. The van der Waals surface area contributed by atoms with E-state index < -0.39 is 45.2 Å². The van der Waals surface area contributed by atoms with Crippen molar-refractivity contribution in [3.05, 3.63) is 97.2 Å². The summed E-state index contributed by atoms with van der Waals surface area (Å²) in [6, 6.07) is 0. The molecule has 0 spiro atoms. The van der Waals surface area contributed by atoms with E-state index in [0.717, 1.165) is 25.7 Å². The molecule has 0 fully saturated rings. The van der Waals surface area contributed by atoms with Crippen molar-refractivity contribution in [3.63, 3.8) is 0 Å². The lowest BCUT2D eigenvalue weighted by Gasteiger charge is -2.41. The van der Waals surface area contributed by atoms with E-state index >= 15 is 0 Å². The Labute approximate surface area is 232 Å². The molecule has 0 radical (unpaired) electrons. The molecule has 8 atom stereocenters. The highest BCUT2D eigenvalue weighted by molar-refractivity contribution is 6.81. The van der Waals surface area contributed by atoms with E-state index in [2.05, 4.69) is 123 Å². The molecule has 0 bridgehead atoms. The summed E-state index contributed by atoms with van der Waals surface area (Å²) in [6.07, 6.45) is 39.6.